The largest absolute Gasteiger partial charge is 0.355 e. The molecular weight excluding hydrogens is 306 g/mol. The van der Waals surface area contributed by atoms with Crippen molar-refractivity contribution < 1.29 is 18.0 Å². The van der Waals surface area contributed by atoms with Crippen molar-refractivity contribution in [1.29, 1.82) is 0 Å². The molecule has 0 aromatic heterocycles. The van der Waals surface area contributed by atoms with Gasteiger partial charge < -0.3 is 15.5 Å². The van der Waals surface area contributed by atoms with E-state index in [2.05, 4.69) is 17.6 Å². The lowest BCUT2D eigenvalue weighted by Crippen LogP contribution is -2.40. The number of sulfone groups is 1. The Bertz CT molecular complexity index is 520. The Morgan fingerprint density at radius 1 is 1.32 bits per heavy atom. The number of likely N-dealkylation sites (tertiary alicyclic amines) is 1. The van der Waals surface area contributed by atoms with Gasteiger partial charge in [0.15, 0.2) is 9.84 Å². The highest BCUT2D eigenvalue weighted by molar-refractivity contribution is 7.91. The van der Waals surface area contributed by atoms with E-state index < -0.39 is 9.84 Å². The molecular formula is C14H25N3O4S. The van der Waals surface area contributed by atoms with Gasteiger partial charge in [0.05, 0.1) is 17.4 Å². The zero-order chi connectivity index (χ0) is 16.2. The lowest BCUT2D eigenvalue weighted by molar-refractivity contribution is -0.130. The number of nitrogens with one attached hydrogen (secondary N) is 2. The van der Waals surface area contributed by atoms with E-state index in [9.17, 15) is 18.0 Å². The highest BCUT2D eigenvalue weighted by Gasteiger charge is 2.41. The van der Waals surface area contributed by atoms with E-state index in [-0.39, 0.29) is 41.7 Å². The van der Waals surface area contributed by atoms with Crippen LogP contribution in [0.25, 0.3) is 0 Å². The molecule has 0 spiro atoms. The van der Waals surface area contributed by atoms with Crippen molar-refractivity contribution in [3.05, 3.63) is 0 Å². The Labute approximate surface area is 131 Å². The summed E-state index contributed by atoms with van der Waals surface area (Å²) in [5, 5.41) is 6.03. The summed E-state index contributed by atoms with van der Waals surface area (Å²) in [7, 11) is -3.02. The fourth-order valence-electron chi connectivity index (χ4n) is 3.00. The lowest BCUT2D eigenvalue weighted by atomic mass is 10.1. The van der Waals surface area contributed by atoms with E-state index in [0.717, 1.165) is 13.0 Å². The normalized spacial score (nSPS) is 27.3. The Kier molecular flexibility index (Phi) is 5.80. The molecule has 0 bridgehead atoms. The summed E-state index contributed by atoms with van der Waals surface area (Å²) >= 11 is 0. The van der Waals surface area contributed by atoms with Gasteiger partial charge in [-0.15, -0.1) is 0 Å². The van der Waals surface area contributed by atoms with Gasteiger partial charge in [0.2, 0.25) is 11.8 Å². The number of amides is 2. The molecule has 0 radical (unpaired) electrons. The number of carbonyl (C=O) groups is 2. The van der Waals surface area contributed by atoms with Crippen molar-refractivity contribution >= 4 is 21.7 Å². The summed E-state index contributed by atoms with van der Waals surface area (Å²) in [5.41, 5.74) is 0. The van der Waals surface area contributed by atoms with Crippen LogP contribution < -0.4 is 10.6 Å². The van der Waals surface area contributed by atoms with Gasteiger partial charge in [-0.2, -0.15) is 0 Å². The second-order valence-corrected chi connectivity index (χ2v) is 8.27. The van der Waals surface area contributed by atoms with E-state index in [1.807, 2.05) is 0 Å². The fraction of sp³-hybridized carbons (Fsp3) is 0.857. The maximum Gasteiger partial charge on any atom is 0.225 e. The van der Waals surface area contributed by atoms with Crippen LogP contribution in [-0.2, 0) is 19.4 Å². The number of hydrogen-bond donors (Lipinski definition) is 2. The van der Waals surface area contributed by atoms with Crippen molar-refractivity contribution in [2.45, 2.75) is 32.2 Å². The van der Waals surface area contributed by atoms with Crippen LogP contribution in [0.4, 0.5) is 0 Å². The van der Waals surface area contributed by atoms with Crippen molar-refractivity contribution in [3.8, 4) is 0 Å². The minimum absolute atomic E-state index is 0.0357. The van der Waals surface area contributed by atoms with E-state index in [1.54, 1.807) is 4.90 Å². The standard InChI is InChI=1S/C14H25N3O4S/c1-2-4-15-5-6-16-14(19)11-8-13(18)17(9-11)12-3-7-22(20,21)10-12/h11-12,15H,2-10H2,1H3,(H,16,19). The summed E-state index contributed by atoms with van der Waals surface area (Å²) in [4.78, 5) is 25.7. The molecule has 2 saturated heterocycles. The van der Waals surface area contributed by atoms with Crippen molar-refractivity contribution in [2.24, 2.45) is 5.92 Å². The minimum atomic E-state index is -3.02. The number of carbonyl (C=O) groups excluding carboxylic acids is 2. The second-order valence-electron chi connectivity index (χ2n) is 6.05. The average Bonchev–Trinajstić information content (AvgIpc) is 3.01. The molecule has 126 valence electrons. The predicted molar refractivity (Wildman–Crippen MR) is 83.0 cm³/mol. The average molecular weight is 331 g/mol. The van der Waals surface area contributed by atoms with E-state index >= 15 is 0 Å². The first kappa shape index (κ1) is 17.2. The predicted octanol–water partition coefficient (Wildman–Crippen LogP) is -0.862. The Balaban J connectivity index is 1.78. The highest BCUT2D eigenvalue weighted by Crippen LogP contribution is 2.26. The molecule has 2 heterocycles. The van der Waals surface area contributed by atoms with Crippen LogP contribution in [0.15, 0.2) is 0 Å². The van der Waals surface area contributed by atoms with Gasteiger partial charge in [-0.1, -0.05) is 6.92 Å². The SMILES string of the molecule is CCCNCCNC(=O)C1CC(=O)N(C2CCS(=O)(=O)C2)C1. The van der Waals surface area contributed by atoms with Crippen LogP contribution in [0.1, 0.15) is 26.2 Å². The topological polar surface area (TPSA) is 95.6 Å². The lowest BCUT2D eigenvalue weighted by Gasteiger charge is -2.22. The first-order valence-electron chi connectivity index (χ1n) is 7.91. The molecule has 22 heavy (non-hydrogen) atoms. The molecule has 0 aliphatic carbocycles. The van der Waals surface area contributed by atoms with Gasteiger partial charge in [0.25, 0.3) is 0 Å². The van der Waals surface area contributed by atoms with Crippen LogP contribution in [0.3, 0.4) is 0 Å². The Hall–Kier alpha value is -1.15. The van der Waals surface area contributed by atoms with Crippen LogP contribution in [0.5, 0.6) is 0 Å². The zero-order valence-corrected chi connectivity index (χ0v) is 13.8. The molecule has 2 atom stereocenters. The maximum absolute atomic E-state index is 12.1. The summed E-state index contributed by atoms with van der Waals surface area (Å²) < 4.78 is 23.0. The first-order chi connectivity index (χ1) is 10.4. The molecule has 2 rings (SSSR count). The minimum Gasteiger partial charge on any atom is -0.355 e. The van der Waals surface area contributed by atoms with Gasteiger partial charge >= 0.3 is 0 Å². The molecule has 2 aliphatic rings. The van der Waals surface area contributed by atoms with Gasteiger partial charge in [-0.05, 0) is 19.4 Å². The van der Waals surface area contributed by atoms with Crippen molar-refractivity contribution in [2.75, 3.05) is 37.7 Å². The molecule has 2 amide bonds. The summed E-state index contributed by atoms with van der Waals surface area (Å²) in [5.74, 6) is -0.404. The van der Waals surface area contributed by atoms with Crippen LogP contribution in [0, 0.1) is 5.92 Å². The number of hydrogen-bond acceptors (Lipinski definition) is 5. The summed E-state index contributed by atoms with van der Waals surface area (Å²) in [6.07, 6.45) is 1.72. The highest BCUT2D eigenvalue weighted by atomic mass is 32.2. The van der Waals surface area contributed by atoms with Crippen molar-refractivity contribution in [3.63, 3.8) is 0 Å². The molecule has 0 aromatic carbocycles. The van der Waals surface area contributed by atoms with Crippen molar-refractivity contribution in [1.82, 2.24) is 15.5 Å². The summed E-state index contributed by atoms with van der Waals surface area (Å²) in [6, 6.07) is -0.249. The maximum atomic E-state index is 12.1. The Morgan fingerprint density at radius 3 is 2.73 bits per heavy atom. The van der Waals surface area contributed by atoms with E-state index in [4.69, 9.17) is 0 Å². The van der Waals surface area contributed by atoms with E-state index in [0.29, 0.717) is 26.1 Å². The monoisotopic (exact) mass is 331 g/mol. The molecule has 2 aliphatic heterocycles. The third-order valence-electron chi connectivity index (χ3n) is 4.21. The van der Waals surface area contributed by atoms with Gasteiger partial charge in [-0.25, -0.2) is 8.42 Å². The number of nitrogens with zero attached hydrogens (tertiary/aromatic N) is 1. The van der Waals surface area contributed by atoms with Crippen LogP contribution in [0.2, 0.25) is 0 Å². The fourth-order valence-corrected chi connectivity index (χ4v) is 4.73. The van der Waals surface area contributed by atoms with Gasteiger partial charge in [-0.3, -0.25) is 9.59 Å². The molecule has 7 nitrogen and oxygen atoms in total. The van der Waals surface area contributed by atoms with Crippen LogP contribution >= 0.6 is 0 Å². The zero-order valence-electron chi connectivity index (χ0n) is 13.0. The first-order valence-corrected chi connectivity index (χ1v) is 9.73. The third-order valence-corrected chi connectivity index (χ3v) is 5.96. The molecule has 2 unspecified atom stereocenters. The smallest absolute Gasteiger partial charge is 0.225 e. The second kappa shape index (κ2) is 7.41. The molecule has 2 fully saturated rings. The van der Waals surface area contributed by atoms with Gasteiger partial charge in [0.1, 0.15) is 0 Å². The number of rotatable bonds is 7. The third kappa shape index (κ3) is 4.42. The summed E-state index contributed by atoms with van der Waals surface area (Å²) in [6.45, 7) is 4.59. The van der Waals surface area contributed by atoms with Crippen LogP contribution in [-0.4, -0.2) is 68.9 Å². The van der Waals surface area contributed by atoms with Gasteiger partial charge in [0, 0.05) is 32.1 Å². The molecule has 8 heteroatoms. The Morgan fingerprint density at radius 2 is 2.09 bits per heavy atom. The van der Waals surface area contributed by atoms with E-state index in [1.165, 1.54) is 0 Å². The quantitative estimate of drug-likeness (QED) is 0.592. The molecule has 2 N–H and O–H groups in total. The molecule has 0 saturated carbocycles. The molecule has 0 aromatic rings.